The number of carbonyl (C=O) groups excluding carboxylic acids is 1. The predicted molar refractivity (Wildman–Crippen MR) is 110 cm³/mol. The Morgan fingerprint density at radius 3 is 2.68 bits per heavy atom. The van der Waals surface area contributed by atoms with Crippen LogP contribution in [0.3, 0.4) is 0 Å². The third-order valence-corrected chi connectivity index (χ3v) is 5.38. The Balaban J connectivity index is 1.78. The van der Waals surface area contributed by atoms with Crippen LogP contribution in [0.25, 0.3) is 0 Å². The molecular weight excluding hydrogens is 355 g/mol. The minimum Gasteiger partial charge on any atom is -0.372 e. The highest BCUT2D eigenvalue weighted by Crippen LogP contribution is 2.22. The molecule has 1 aliphatic heterocycles. The number of amides is 1. The van der Waals surface area contributed by atoms with Crippen LogP contribution in [0.2, 0.25) is 0 Å². The zero-order valence-corrected chi connectivity index (χ0v) is 16.9. The van der Waals surface area contributed by atoms with Crippen LogP contribution in [0.5, 0.6) is 0 Å². The van der Waals surface area contributed by atoms with Crippen molar-refractivity contribution in [3.63, 3.8) is 0 Å². The van der Waals surface area contributed by atoms with Gasteiger partial charge >= 0.3 is 0 Å². The first-order valence-electron chi connectivity index (χ1n) is 9.90. The molecule has 0 unspecified atom stereocenters. The fourth-order valence-electron chi connectivity index (χ4n) is 3.85. The quantitative estimate of drug-likeness (QED) is 0.855. The fraction of sp³-hybridized carbons (Fsp3) is 0.455. The Labute approximate surface area is 166 Å². The molecule has 1 aromatic carbocycles. The number of pyridine rings is 1. The first-order chi connectivity index (χ1) is 13.5. The van der Waals surface area contributed by atoms with Crippen LogP contribution >= 0.6 is 0 Å². The Kier molecular flexibility index (Phi) is 6.62. The van der Waals surface area contributed by atoms with Crippen LogP contribution < -0.4 is 5.32 Å². The first kappa shape index (κ1) is 20.3. The molecule has 2 aromatic rings. The number of halogens is 1. The summed E-state index contributed by atoms with van der Waals surface area (Å²) in [5, 5.41) is 3.01. The van der Waals surface area contributed by atoms with Gasteiger partial charge in [-0.25, -0.2) is 9.37 Å². The van der Waals surface area contributed by atoms with Crippen LogP contribution in [-0.4, -0.2) is 53.4 Å². The van der Waals surface area contributed by atoms with E-state index < -0.39 is 0 Å². The van der Waals surface area contributed by atoms with Crippen LogP contribution in [0, 0.1) is 11.7 Å². The van der Waals surface area contributed by atoms with Gasteiger partial charge in [0.05, 0.1) is 5.56 Å². The third-order valence-electron chi connectivity index (χ3n) is 5.38. The van der Waals surface area contributed by atoms with Gasteiger partial charge in [-0.15, -0.1) is 0 Å². The molecule has 0 aliphatic carbocycles. The maximum absolute atomic E-state index is 13.2. The summed E-state index contributed by atoms with van der Waals surface area (Å²) in [6, 6.07) is 10.6. The number of hydrogen-bond donors (Lipinski definition) is 1. The number of anilines is 1. The van der Waals surface area contributed by atoms with E-state index in [1.807, 2.05) is 23.1 Å². The number of benzene rings is 1. The van der Waals surface area contributed by atoms with Gasteiger partial charge < -0.3 is 10.2 Å². The highest BCUT2D eigenvalue weighted by molar-refractivity contribution is 5.98. The molecular formula is C22H29FN4O. The van der Waals surface area contributed by atoms with Crippen LogP contribution in [0.4, 0.5) is 10.2 Å². The van der Waals surface area contributed by atoms with Gasteiger partial charge in [-0.05, 0) is 42.2 Å². The van der Waals surface area contributed by atoms with Crippen molar-refractivity contribution in [2.24, 2.45) is 5.92 Å². The number of aromatic nitrogens is 1. The number of nitrogens with zero attached hydrogens (tertiary/aromatic N) is 3. The first-order valence-corrected chi connectivity index (χ1v) is 9.90. The lowest BCUT2D eigenvalue weighted by atomic mass is 10.0. The van der Waals surface area contributed by atoms with E-state index in [-0.39, 0.29) is 17.8 Å². The van der Waals surface area contributed by atoms with Gasteiger partial charge in [-0.1, -0.05) is 26.0 Å². The smallest absolute Gasteiger partial charge is 0.257 e. The summed E-state index contributed by atoms with van der Waals surface area (Å²) in [6.45, 7) is 7.46. The molecule has 5 nitrogen and oxygen atoms in total. The van der Waals surface area contributed by atoms with E-state index in [0.29, 0.717) is 23.8 Å². The number of rotatable bonds is 5. The molecule has 1 aliphatic rings. The molecule has 1 N–H and O–H groups in total. The van der Waals surface area contributed by atoms with E-state index in [1.54, 1.807) is 19.3 Å². The van der Waals surface area contributed by atoms with Gasteiger partial charge in [0.2, 0.25) is 0 Å². The molecule has 0 radical (unpaired) electrons. The normalized spacial score (nSPS) is 18.2. The standard InChI is InChI=1S/C22H29FN4O/c1-16(2)20-15-27(22(28)19-6-4-11-25-21(19)24-3)13-5-12-26(20)14-17-7-9-18(23)10-8-17/h4,6-11,16,20H,5,12-15H2,1-3H3,(H,24,25)/t20-/m0/s1. The van der Waals surface area contributed by atoms with Crippen molar-refractivity contribution in [3.8, 4) is 0 Å². The summed E-state index contributed by atoms with van der Waals surface area (Å²) >= 11 is 0. The molecule has 1 atom stereocenters. The molecule has 28 heavy (non-hydrogen) atoms. The van der Waals surface area contributed by atoms with Gasteiger partial charge in [0, 0.05) is 45.5 Å². The second-order valence-corrected chi connectivity index (χ2v) is 7.66. The zero-order chi connectivity index (χ0) is 20.1. The number of nitrogens with one attached hydrogen (secondary N) is 1. The number of hydrogen-bond acceptors (Lipinski definition) is 4. The summed E-state index contributed by atoms with van der Waals surface area (Å²) in [5.74, 6) is 0.813. The van der Waals surface area contributed by atoms with Gasteiger partial charge in [-0.2, -0.15) is 0 Å². The molecule has 1 fully saturated rings. The Bertz CT molecular complexity index is 793. The largest absolute Gasteiger partial charge is 0.372 e. The van der Waals surface area contributed by atoms with E-state index in [9.17, 15) is 9.18 Å². The van der Waals surface area contributed by atoms with Gasteiger partial charge in [0.1, 0.15) is 11.6 Å². The molecule has 2 heterocycles. The summed E-state index contributed by atoms with van der Waals surface area (Å²) in [5.41, 5.74) is 1.70. The second-order valence-electron chi connectivity index (χ2n) is 7.66. The maximum atomic E-state index is 13.2. The molecule has 0 bridgehead atoms. The average molecular weight is 384 g/mol. The van der Waals surface area contributed by atoms with E-state index in [2.05, 4.69) is 29.0 Å². The van der Waals surface area contributed by atoms with Crippen molar-refractivity contribution in [2.75, 3.05) is 32.0 Å². The lowest BCUT2D eigenvalue weighted by molar-refractivity contribution is 0.0703. The van der Waals surface area contributed by atoms with Crippen molar-refractivity contribution in [3.05, 3.63) is 59.5 Å². The zero-order valence-electron chi connectivity index (χ0n) is 16.9. The van der Waals surface area contributed by atoms with Crippen LogP contribution in [-0.2, 0) is 6.54 Å². The summed E-state index contributed by atoms with van der Waals surface area (Å²) in [7, 11) is 1.78. The van der Waals surface area contributed by atoms with E-state index in [0.717, 1.165) is 31.6 Å². The van der Waals surface area contributed by atoms with Gasteiger partial charge in [-0.3, -0.25) is 9.69 Å². The third kappa shape index (κ3) is 4.68. The number of carbonyl (C=O) groups is 1. The molecule has 6 heteroatoms. The Hall–Kier alpha value is -2.47. The van der Waals surface area contributed by atoms with Crippen LogP contribution in [0.15, 0.2) is 42.6 Å². The molecule has 1 aromatic heterocycles. The second kappa shape index (κ2) is 9.15. The van der Waals surface area contributed by atoms with Crippen molar-refractivity contribution >= 4 is 11.7 Å². The highest BCUT2D eigenvalue weighted by atomic mass is 19.1. The lowest BCUT2D eigenvalue weighted by Gasteiger charge is -2.34. The van der Waals surface area contributed by atoms with Gasteiger partial charge in [0.15, 0.2) is 0 Å². The molecule has 1 saturated heterocycles. The minimum absolute atomic E-state index is 0.0201. The lowest BCUT2D eigenvalue weighted by Crippen LogP contribution is -2.45. The van der Waals surface area contributed by atoms with Gasteiger partial charge in [0.25, 0.3) is 5.91 Å². The van der Waals surface area contributed by atoms with Crippen molar-refractivity contribution in [1.29, 1.82) is 0 Å². The van der Waals surface area contributed by atoms with E-state index in [4.69, 9.17) is 0 Å². The van der Waals surface area contributed by atoms with Crippen molar-refractivity contribution in [2.45, 2.75) is 32.9 Å². The molecule has 3 rings (SSSR count). The molecule has 1 amide bonds. The topological polar surface area (TPSA) is 48.5 Å². The Morgan fingerprint density at radius 1 is 1.25 bits per heavy atom. The molecule has 0 spiro atoms. The maximum Gasteiger partial charge on any atom is 0.257 e. The fourth-order valence-corrected chi connectivity index (χ4v) is 3.85. The summed E-state index contributed by atoms with van der Waals surface area (Å²) < 4.78 is 13.2. The Morgan fingerprint density at radius 2 is 2.00 bits per heavy atom. The highest BCUT2D eigenvalue weighted by Gasteiger charge is 2.30. The molecule has 0 saturated carbocycles. The van der Waals surface area contributed by atoms with E-state index >= 15 is 0 Å². The summed E-state index contributed by atoms with van der Waals surface area (Å²) in [4.78, 5) is 21.8. The molecule has 150 valence electrons. The monoisotopic (exact) mass is 384 g/mol. The summed E-state index contributed by atoms with van der Waals surface area (Å²) in [6.07, 6.45) is 2.59. The van der Waals surface area contributed by atoms with Crippen LogP contribution in [0.1, 0.15) is 36.2 Å². The average Bonchev–Trinajstić information content (AvgIpc) is 2.92. The van der Waals surface area contributed by atoms with Crippen molar-refractivity contribution in [1.82, 2.24) is 14.8 Å². The SMILES string of the molecule is CNc1ncccc1C(=O)N1CCCN(Cc2ccc(F)cc2)[C@H](C(C)C)C1. The minimum atomic E-state index is -0.214. The van der Waals surface area contributed by atoms with E-state index in [1.165, 1.54) is 12.1 Å². The predicted octanol–water partition coefficient (Wildman–Crippen LogP) is 3.64. The van der Waals surface area contributed by atoms with Crippen molar-refractivity contribution < 1.29 is 9.18 Å².